The number of hydrogen-bond donors (Lipinski definition) is 2. The number of esters is 1. The number of carbonyl (C=O) groups excluding carboxylic acids is 1. The van der Waals surface area contributed by atoms with Gasteiger partial charge in [0.1, 0.15) is 5.76 Å². The van der Waals surface area contributed by atoms with E-state index in [4.69, 9.17) is 0 Å². The number of hydrogen-bond acceptors (Lipinski definition) is 5. The van der Waals surface area contributed by atoms with E-state index in [1.165, 1.54) is 19.2 Å². The zero-order chi connectivity index (χ0) is 14.0. The van der Waals surface area contributed by atoms with Gasteiger partial charge in [-0.25, -0.2) is 17.9 Å². The Morgan fingerprint density at radius 2 is 2.05 bits per heavy atom. The molecule has 1 heterocycles. The molecule has 6 nitrogen and oxygen atoms in total. The van der Waals surface area contributed by atoms with Crippen molar-refractivity contribution in [2.45, 2.75) is 11.3 Å². The molecule has 0 saturated heterocycles. The number of rotatable bonds is 1. The van der Waals surface area contributed by atoms with Gasteiger partial charge in [-0.05, 0) is 18.6 Å². The van der Waals surface area contributed by atoms with Gasteiger partial charge < -0.3 is 9.84 Å². The summed E-state index contributed by atoms with van der Waals surface area (Å²) in [5.74, 6) is -1.03. The average Bonchev–Trinajstić information content (AvgIpc) is 2.41. The Morgan fingerprint density at radius 1 is 1.37 bits per heavy atom. The lowest BCUT2D eigenvalue weighted by molar-refractivity contribution is -0.136. The lowest BCUT2D eigenvalue weighted by Gasteiger charge is -2.17. The maximum atomic E-state index is 12.0. The van der Waals surface area contributed by atoms with E-state index >= 15 is 0 Å². The Kier molecular flexibility index (Phi) is 3.59. The number of fused-ring (bicyclic) bond motifs is 1. The van der Waals surface area contributed by atoms with Crippen molar-refractivity contribution in [3.63, 3.8) is 0 Å². The number of aliphatic hydroxyl groups is 1. The molecule has 0 atom stereocenters. The lowest BCUT2D eigenvalue weighted by atomic mass is 10.1. The van der Waals surface area contributed by atoms with Crippen molar-refractivity contribution < 1.29 is 23.1 Å². The fraction of sp³-hybridized carbons (Fsp3) is 0.250. The van der Waals surface area contributed by atoms with Crippen LogP contribution in [0.4, 0.5) is 0 Å². The molecule has 102 valence electrons. The van der Waals surface area contributed by atoms with E-state index in [1.807, 2.05) is 0 Å². The number of aliphatic hydroxyl groups excluding tert-OH is 1. The first-order valence-electron chi connectivity index (χ1n) is 5.57. The molecule has 0 spiro atoms. The molecule has 0 fully saturated rings. The van der Waals surface area contributed by atoms with E-state index in [9.17, 15) is 18.3 Å². The molecule has 0 aromatic heterocycles. The van der Waals surface area contributed by atoms with Crippen molar-refractivity contribution in [1.82, 2.24) is 4.72 Å². The number of methoxy groups -OCH3 is 1. The Labute approximate surface area is 110 Å². The first-order valence-corrected chi connectivity index (χ1v) is 7.05. The Balaban J connectivity index is 2.71. The third-order valence-corrected chi connectivity index (χ3v) is 4.34. The molecule has 0 amide bonds. The van der Waals surface area contributed by atoms with E-state index < -0.39 is 16.0 Å². The second kappa shape index (κ2) is 5.02. The van der Waals surface area contributed by atoms with Gasteiger partial charge in [0.2, 0.25) is 10.0 Å². The molecule has 1 aliphatic rings. The molecule has 1 aliphatic heterocycles. The van der Waals surface area contributed by atoms with Crippen LogP contribution in [0.2, 0.25) is 0 Å². The molecule has 19 heavy (non-hydrogen) atoms. The molecule has 1 aromatic rings. The minimum atomic E-state index is -3.69. The SMILES string of the molecule is COC(=O)/C1=C(\O)c2ccccc2S(=O)(=O)NCC1. The Bertz CT molecular complexity index is 648. The van der Waals surface area contributed by atoms with Crippen LogP contribution in [0.3, 0.4) is 0 Å². The van der Waals surface area contributed by atoms with Crippen LogP contribution >= 0.6 is 0 Å². The van der Waals surface area contributed by atoms with Gasteiger partial charge in [0.05, 0.1) is 17.6 Å². The van der Waals surface area contributed by atoms with Gasteiger partial charge in [-0.3, -0.25) is 0 Å². The average molecular weight is 283 g/mol. The van der Waals surface area contributed by atoms with Crippen molar-refractivity contribution in [2.24, 2.45) is 0 Å². The smallest absolute Gasteiger partial charge is 0.337 e. The summed E-state index contributed by atoms with van der Waals surface area (Å²) in [5, 5.41) is 10.1. The molecule has 0 aliphatic carbocycles. The standard InChI is InChI=1S/C12H13NO5S/c1-18-12(15)9-6-7-13-19(16,17)10-5-3-2-4-8(10)11(9)14/h2-5,13-14H,6-7H2,1H3/b11-9-. The van der Waals surface area contributed by atoms with Crippen LogP contribution in [0, 0.1) is 0 Å². The predicted molar refractivity (Wildman–Crippen MR) is 67.8 cm³/mol. The summed E-state index contributed by atoms with van der Waals surface area (Å²) >= 11 is 0. The van der Waals surface area contributed by atoms with Crippen LogP contribution in [0.5, 0.6) is 0 Å². The zero-order valence-electron chi connectivity index (χ0n) is 10.2. The van der Waals surface area contributed by atoms with Gasteiger partial charge in [-0.1, -0.05) is 12.1 Å². The van der Waals surface area contributed by atoms with Gasteiger partial charge >= 0.3 is 5.97 Å². The fourth-order valence-electron chi connectivity index (χ4n) is 1.89. The maximum Gasteiger partial charge on any atom is 0.337 e. The molecular formula is C12H13NO5S. The first kappa shape index (κ1) is 13.6. The summed E-state index contributed by atoms with van der Waals surface area (Å²) in [7, 11) is -2.48. The van der Waals surface area contributed by atoms with E-state index in [-0.39, 0.29) is 34.8 Å². The van der Waals surface area contributed by atoms with E-state index in [0.717, 1.165) is 0 Å². The topological polar surface area (TPSA) is 92.7 Å². The van der Waals surface area contributed by atoms with Crippen molar-refractivity contribution in [3.8, 4) is 0 Å². The Morgan fingerprint density at radius 3 is 2.74 bits per heavy atom. The highest BCUT2D eigenvalue weighted by molar-refractivity contribution is 7.89. The second-order valence-electron chi connectivity index (χ2n) is 3.96. The van der Waals surface area contributed by atoms with Crippen LogP contribution in [0.15, 0.2) is 34.7 Å². The third-order valence-electron chi connectivity index (χ3n) is 2.82. The van der Waals surface area contributed by atoms with Gasteiger partial charge in [0.15, 0.2) is 0 Å². The van der Waals surface area contributed by atoms with Crippen molar-refractivity contribution in [2.75, 3.05) is 13.7 Å². The summed E-state index contributed by atoms with van der Waals surface area (Å²) in [6.07, 6.45) is 0.0616. The highest BCUT2D eigenvalue weighted by Crippen LogP contribution is 2.27. The zero-order valence-corrected chi connectivity index (χ0v) is 11.0. The van der Waals surface area contributed by atoms with Crippen LogP contribution < -0.4 is 4.72 Å². The van der Waals surface area contributed by atoms with Crippen LogP contribution in [0.25, 0.3) is 5.76 Å². The van der Waals surface area contributed by atoms with Gasteiger partial charge in [0.25, 0.3) is 0 Å². The number of carbonyl (C=O) groups is 1. The quantitative estimate of drug-likeness (QED) is 0.744. The summed E-state index contributed by atoms with van der Waals surface area (Å²) in [4.78, 5) is 11.5. The van der Waals surface area contributed by atoms with Gasteiger partial charge in [-0.2, -0.15) is 0 Å². The molecule has 7 heteroatoms. The molecule has 0 radical (unpaired) electrons. The highest BCUT2D eigenvalue weighted by Gasteiger charge is 2.27. The van der Waals surface area contributed by atoms with E-state index in [2.05, 4.69) is 9.46 Å². The molecule has 1 aromatic carbocycles. The van der Waals surface area contributed by atoms with Crippen molar-refractivity contribution in [1.29, 1.82) is 0 Å². The van der Waals surface area contributed by atoms with E-state index in [1.54, 1.807) is 12.1 Å². The van der Waals surface area contributed by atoms with Crippen LogP contribution in [-0.2, 0) is 19.6 Å². The summed E-state index contributed by atoms with van der Waals surface area (Å²) in [6.45, 7) is 0.0190. The summed E-state index contributed by atoms with van der Waals surface area (Å²) in [6, 6.07) is 5.94. The third kappa shape index (κ3) is 2.47. The molecular weight excluding hydrogens is 270 g/mol. The lowest BCUT2D eigenvalue weighted by Crippen LogP contribution is -2.29. The predicted octanol–water partition coefficient (Wildman–Crippen LogP) is 0.811. The fourth-order valence-corrected chi connectivity index (χ4v) is 3.13. The minimum Gasteiger partial charge on any atom is -0.507 e. The van der Waals surface area contributed by atoms with Gasteiger partial charge in [0, 0.05) is 12.1 Å². The summed E-state index contributed by atoms with van der Waals surface area (Å²) in [5.41, 5.74) is 0.146. The molecule has 0 unspecified atom stereocenters. The molecule has 0 saturated carbocycles. The number of ether oxygens (including phenoxy) is 1. The monoisotopic (exact) mass is 283 g/mol. The number of nitrogens with one attached hydrogen (secondary N) is 1. The maximum absolute atomic E-state index is 12.0. The summed E-state index contributed by atoms with van der Waals surface area (Å²) < 4.78 is 30.9. The molecule has 2 rings (SSSR count). The van der Waals surface area contributed by atoms with Gasteiger partial charge in [-0.15, -0.1) is 0 Å². The second-order valence-corrected chi connectivity index (χ2v) is 5.70. The van der Waals surface area contributed by atoms with Crippen LogP contribution in [-0.4, -0.2) is 33.1 Å². The van der Waals surface area contributed by atoms with Crippen molar-refractivity contribution >= 4 is 21.8 Å². The van der Waals surface area contributed by atoms with Crippen LogP contribution in [0.1, 0.15) is 12.0 Å². The highest BCUT2D eigenvalue weighted by atomic mass is 32.2. The minimum absolute atomic E-state index is 0.0190. The molecule has 0 bridgehead atoms. The largest absolute Gasteiger partial charge is 0.507 e. The molecule has 2 N–H and O–H groups in total. The Hall–Kier alpha value is -1.86. The van der Waals surface area contributed by atoms with Crippen molar-refractivity contribution in [3.05, 3.63) is 35.4 Å². The first-order chi connectivity index (χ1) is 8.97. The number of sulfonamides is 1. The van der Waals surface area contributed by atoms with E-state index in [0.29, 0.717) is 0 Å². The number of benzene rings is 1. The normalized spacial score (nSPS) is 21.9.